The highest BCUT2D eigenvalue weighted by molar-refractivity contribution is 5.11. The zero-order valence-electron chi connectivity index (χ0n) is 10.6. The minimum Gasteiger partial charge on any atom is -0.388 e. The van der Waals surface area contributed by atoms with Gasteiger partial charge in [0.15, 0.2) is 0 Å². The topological polar surface area (TPSA) is 20.2 Å². The number of aliphatic hydroxyl groups excluding tert-OH is 1. The molecule has 3 atom stereocenters. The number of hydrogen-bond acceptors (Lipinski definition) is 1. The molecular formula is C15H26O. The Labute approximate surface area is 99.9 Å². The van der Waals surface area contributed by atoms with Crippen molar-refractivity contribution in [2.45, 2.75) is 70.8 Å². The molecule has 0 radical (unpaired) electrons. The van der Waals surface area contributed by atoms with Crippen LogP contribution in [0.1, 0.15) is 64.7 Å². The lowest BCUT2D eigenvalue weighted by Crippen LogP contribution is -2.27. The minimum absolute atomic E-state index is 0.124. The number of hydrogen-bond donors (Lipinski definition) is 1. The first-order valence-corrected chi connectivity index (χ1v) is 7.14. The molecule has 0 aromatic rings. The molecule has 2 aliphatic rings. The normalized spacial score (nSPS) is 34.0. The third-order valence-corrected chi connectivity index (χ3v) is 4.38. The Bertz CT molecular complexity index is 244. The highest BCUT2D eigenvalue weighted by Gasteiger charge is 2.27. The summed E-state index contributed by atoms with van der Waals surface area (Å²) in [4.78, 5) is 0. The first-order chi connectivity index (χ1) is 7.77. The van der Waals surface area contributed by atoms with E-state index in [1.807, 2.05) is 0 Å². The van der Waals surface area contributed by atoms with Gasteiger partial charge < -0.3 is 5.11 Å². The van der Waals surface area contributed by atoms with E-state index in [1.54, 1.807) is 0 Å². The van der Waals surface area contributed by atoms with Crippen LogP contribution in [0.5, 0.6) is 0 Å². The Morgan fingerprint density at radius 1 is 1.19 bits per heavy atom. The first-order valence-electron chi connectivity index (χ1n) is 7.14. The van der Waals surface area contributed by atoms with E-state index in [0.717, 1.165) is 12.3 Å². The highest BCUT2D eigenvalue weighted by Crippen LogP contribution is 2.34. The van der Waals surface area contributed by atoms with Gasteiger partial charge in [0.1, 0.15) is 0 Å². The van der Waals surface area contributed by atoms with Gasteiger partial charge in [-0.25, -0.2) is 0 Å². The zero-order valence-corrected chi connectivity index (χ0v) is 10.6. The summed E-state index contributed by atoms with van der Waals surface area (Å²) in [6.45, 7) is 2.33. The van der Waals surface area contributed by atoms with Crippen molar-refractivity contribution in [2.24, 2.45) is 11.8 Å². The van der Waals surface area contributed by atoms with E-state index in [-0.39, 0.29) is 6.10 Å². The maximum Gasteiger partial charge on any atom is 0.0778 e. The monoisotopic (exact) mass is 222 g/mol. The van der Waals surface area contributed by atoms with E-state index >= 15 is 0 Å². The Hall–Kier alpha value is -0.300. The van der Waals surface area contributed by atoms with E-state index in [1.165, 1.54) is 56.9 Å². The van der Waals surface area contributed by atoms with Gasteiger partial charge in [0.2, 0.25) is 0 Å². The molecule has 0 aliphatic heterocycles. The molecule has 2 rings (SSSR count). The predicted octanol–water partition coefficient (Wildman–Crippen LogP) is 4.06. The van der Waals surface area contributed by atoms with Gasteiger partial charge in [-0.05, 0) is 55.9 Å². The summed E-state index contributed by atoms with van der Waals surface area (Å²) in [5.74, 6) is 1.37. The molecule has 1 heteroatoms. The van der Waals surface area contributed by atoms with E-state index in [4.69, 9.17) is 0 Å². The molecule has 1 fully saturated rings. The molecule has 16 heavy (non-hydrogen) atoms. The van der Waals surface area contributed by atoms with Crippen LogP contribution < -0.4 is 0 Å². The fourth-order valence-corrected chi connectivity index (χ4v) is 3.38. The van der Waals surface area contributed by atoms with Gasteiger partial charge >= 0.3 is 0 Å². The predicted molar refractivity (Wildman–Crippen MR) is 68.3 cm³/mol. The molecule has 92 valence electrons. The van der Waals surface area contributed by atoms with Crippen LogP contribution in [-0.4, -0.2) is 11.2 Å². The second-order valence-corrected chi connectivity index (χ2v) is 5.86. The van der Waals surface area contributed by atoms with Crippen LogP contribution in [-0.2, 0) is 0 Å². The third-order valence-electron chi connectivity index (χ3n) is 4.38. The lowest BCUT2D eigenvalue weighted by atomic mass is 9.77. The van der Waals surface area contributed by atoms with Crippen LogP contribution in [0, 0.1) is 11.8 Å². The summed E-state index contributed by atoms with van der Waals surface area (Å²) in [5.41, 5.74) is 1.36. The van der Waals surface area contributed by atoms with E-state index in [2.05, 4.69) is 13.0 Å². The summed E-state index contributed by atoms with van der Waals surface area (Å²) in [5, 5.41) is 10.5. The molecule has 1 saturated carbocycles. The second kappa shape index (κ2) is 5.86. The Morgan fingerprint density at radius 2 is 2.06 bits per heavy atom. The molecule has 0 saturated heterocycles. The summed E-state index contributed by atoms with van der Waals surface area (Å²) in [7, 11) is 0. The molecule has 0 bridgehead atoms. The number of aliphatic hydroxyl groups is 1. The quantitative estimate of drug-likeness (QED) is 0.698. The zero-order chi connectivity index (χ0) is 11.4. The average molecular weight is 222 g/mol. The molecule has 0 amide bonds. The molecule has 2 aliphatic carbocycles. The van der Waals surface area contributed by atoms with Gasteiger partial charge in [0, 0.05) is 0 Å². The summed E-state index contributed by atoms with van der Waals surface area (Å²) in [6.07, 6.45) is 13.6. The first kappa shape index (κ1) is 12.2. The second-order valence-electron chi connectivity index (χ2n) is 5.86. The molecule has 1 nitrogen and oxygen atoms in total. The van der Waals surface area contributed by atoms with E-state index in [9.17, 15) is 5.11 Å². The van der Waals surface area contributed by atoms with E-state index < -0.39 is 0 Å². The maximum absolute atomic E-state index is 10.5. The van der Waals surface area contributed by atoms with Gasteiger partial charge in [-0.3, -0.25) is 0 Å². The summed E-state index contributed by atoms with van der Waals surface area (Å²) >= 11 is 0. The van der Waals surface area contributed by atoms with Crippen LogP contribution in [0.2, 0.25) is 0 Å². The summed E-state index contributed by atoms with van der Waals surface area (Å²) in [6, 6.07) is 0. The van der Waals surface area contributed by atoms with E-state index in [0.29, 0.717) is 5.92 Å². The lowest BCUT2D eigenvalue weighted by molar-refractivity contribution is 0.0965. The number of rotatable bonds is 2. The van der Waals surface area contributed by atoms with Crippen molar-refractivity contribution in [3.05, 3.63) is 11.6 Å². The van der Waals surface area contributed by atoms with Crippen LogP contribution in [0.4, 0.5) is 0 Å². The van der Waals surface area contributed by atoms with Gasteiger partial charge in [0.05, 0.1) is 6.10 Å². The van der Waals surface area contributed by atoms with Crippen molar-refractivity contribution >= 4 is 0 Å². The Kier molecular flexibility index (Phi) is 4.45. The van der Waals surface area contributed by atoms with Gasteiger partial charge in [-0.1, -0.05) is 32.3 Å². The van der Waals surface area contributed by atoms with Gasteiger partial charge in [0.25, 0.3) is 0 Å². The minimum atomic E-state index is -0.124. The van der Waals surface area contributed by atoms with Crippen molar-refractivity contribution in [2.75, 3.05) is 0 Å². The molecule has 0 aromatic heterocycles. The molecule has 1 N–H and O–H groups in total. The lowest BCUT2D eigenvalue weighted by Gasteiger charge is -2.31. The molecule has 3 unspecified atom stereocenters. The van der Waals surface area contributed by atoms with Gasteiger partial charge in [-0.2, -0.15) is 0 Å². The fraction of sp³-hybridized carbons (Fsp3) is 0.867. The highest BCUT2D eigenvalue weighted by atomic mass is 16.3. The maximum atomic E-state index is 10.5. The van der Waals surface area contributed by atoms with Crippen LogP contribution in [0.15, 0.2) is 11.6 Å². The third kappa shape index (κ3) is 3.10. The number of allylic oxidation sites excluding steroid dienone is 1. The van der Waals surface area contributed by atoms with Crippen molar-refractivity contribution in [3.8, 4) is 0 Å². The molecule has 0 spiro atoms. The Morgan fingerprint density at radius 3 is 2.88 bits per heavy atom. The smallest absolute Gasteiger partial charge is 0.0778 e. The summed E-state index contributed by atoms with van der Waals surface area (Å²) < 4.78 is 0. The van der Waals surface area contributed by atoms with Crippen LogP contribution >= 0.6 is 0 Å². The SMILES string of the molecule is CC1CCCC(C(O)C2=CCCCCC2)C1. The van der Waals surface area contributed by atoms with Crippen molar-refractivity contribution < 1.29 is 5.11 Å². The molecular weight excluding hydrogens is 196 g/mol. The standard InChI is InChI=1S/C15H26O/c1-12-7-6-10-14(11-12)15(16)13-8-4-2-3-5-9-13/h8,12,14-16H,2-7,9-11H2,1H3. The molecule has 0 heterocycles. The van der Waals surface area contributed by atoms with Crippen LogP contribution in [0.3, 0.4) is 0 Å². The largest absolute Gasteiger partial charge is 0.388 e. The van der Waals surface area contributed by atoms with Gasteiger partial charge in [-0.15, -0.1) is 0 Å². The average Bonchev–Trinajstić information content (AvgIpc) is 2.56. The van der Waals surface area contributed by atoms with Crippen molar-refractivity contribution in [1.82, 2.24) is 0 Å². The molecule has 0 aromatic carbocycles. The fourth-order valence-electron chi connectivity index (χ4n) is 3.38. The van der Waals surface area contributed by atoms with Crippen molar-refractivity contribution in [3.63, 3.8) is 0 Å². The Balaban J connectivity index is 1.94. The van der Waals surface area contributed by atoms with Crippen LogP contribution in [0.25, 0.3) is 0 Å². The van der Waals surface area contributed by atoms with Crippen molar-refractivity contribution in [1.29, 1.82) is 0 Å².